The van der Waals surface area contributed by atoms with Gasteiger partial charge in [-0.25, -0.2) is 4.79 Å². The van der Waals surface area contributed by atoms with E-state index in [2.05, 4.69) is 6.07 Å². The van der Waals surface area contributed by atoms with Crippen molar-refractivity contribution in [3.63, 3.8) is 0 Å². The summed E-state index contributed by atoms with van der Waals surface area (Å²) in [5, 5.41) is 11.2. The number of hydrogen-bond acceptors (Lipinski definition) is 8. The summed E-state index contributed by atoms with van der Waals surface area (Å²) < 4.78 is 28.0. The zero-order chi connectivity index (χ0) is 27.1. The number of furan rings is 1. The number of hydrogen-bond donors (Lipinski definition) is 1. The van der Waals surface area contributed by atoms with E-state index in [1.54, 1.807) is 56.5 Å². The zero-order valence-electron chi connectivity index (χ0n) is 21.0. The lowest BCUT2D eigenvalue weighted by Gasteiger charge is -2.27. The number of esters is 1. The van der Waals surface area contributed by atoms with Crippen LogP contribution in [0.25, 0.3) is 11.0 Å². The second-order valence-electron chi connectivity index (χ2n) is 8.78. The molecular formula is C29H23ClN2O6. The molecule has 5 rings (SSSR count). The smallest absolute Gasteiger partial charge is 0.379 e. The van der Waals surface area contributed by atoms with Crippen molar-refractivity contribution in [1.29, 1.82) is 5.26 Å². The van der Waals surface area contributed by atoms with Crippen molar-refractivity contribution in [2.45, 2.75) is 19.8 Å². The van der Waals surface area contributed by atoms with Crippen LogP contribution in [0.3, 0.4) is 0 Å². The van der Waals surface area contributed by atoms with Gasteiger partial charge in [0.15, 0.2) is 11.5 Å². The Morgan fingerprint density at radius 1 is 1.05 bits per heavy atom. The molecule has 1 aliphatic rings. The van der Waals surface area contributed by atoms with Crippen LogP contribution in [0.15, 0.2) is 64.4 Å². The molecule has 0 fully saturated rings. The fourth-order valence-corrected chi connectivity index (χ4v) is 4.73. The standard InChI is InChI=1S/C29H23ClN2O6/c1-14-9-23-19(12-21(14)30)15(2)27(37-23)29(33)36-17-6-7-18-24(11-17)38-28(32)20(13-31)26(18)16-5-8-22(34-3)25(10-16)35-4/h5-12,26H,32H2,1-4H3. The monoisotopic (exact) mass is 530 g/mol. The normalized spacial score (nSPS) is 14.5. The molecule has 0 saturated heterocycles. The second kappa shape index (κ2) is 9.69. The van der Waals surface area contributed by atoms with Crippen molar-refractivity contribution in [1.82, 2.24) is 0 Å². The van der Waals surface area contributed by atoms with Crippen LogP contribution in [0.5, 0.6) is 23.0 Å². The first-order valence-corrected chi connectivity index (χ1v) is 12.0. The predicted octanol–water partition coefficient (Wildman–Crippen LogP) is 6.16. The molecule has 2 heterocycles. The summed E-state index contributed by atoms with van der Waals surface area (Å²) in [6, 6.07) is 16.0. The zero-order valence-corrected chi connectivity index (χ0v) is 21.8. The SMILES string of the molecule is COc1ccc(C2C(C#N)=C(N)Oc3cc(OC(=O)c4oc5cc(C)c(Cl)cc5c4C)ccc32)cc1OC. The van der Waals surface area contributed by atoms with E-state index in [0.29, 0.717) is 39.0 Å². The van der Waals surface area contributed by atoms with Gasteiger partial charge >= 0.3 is 5.97 Å². The minimum Gasteiger partial charge on any atom is -0.493 e. The first kappa shape index (κ1) is 25.1. The van der Waals surface area contributed by atoms with Crippen LogP contribution >= 0.6 is 11.6 Å². The third kappa shape index (κ3) is 4.17. The fraction of sp³-hybridized carbons (Fsp3) is 0.172. The molecule has 4 aromatic rings. The first-order chi connectivity index (χ1) is 18.2. The van der Waals surface area contributed by atoms with Crippen molar-refractivity contribution in [2.75, 3.05) is 14.2 Å². The molecule has 9 heteroatoms. The van der Waals surface area contributed by atoms with Gasteiger partial charge in [-0.15, -0.1) is 0 Å². The summed E-state index contributed by atoms with van der Waals surface area (Å²) in [7, 11) is 3.08. The van der Waals surface area contributed by atoms with Gasteiger partial charge in [0.05, 0.1) is 20.1 Å². The number of carbonyl (C=O) groups is 1. The Morgan fingerprint density at radius 3 is 2.53 bits per heavy atom. The molecule has 1 unspecified atom stereocenters. The molecule has 0 radical (unpaired) electrons. The number of ether oxygens (including phenoxy) is 4. The largest absolute Gasteiger partial charge is 0.493 e. The van der Waals surface area contributed by atoms with E-state index in [-0.39, 0.29) is 23.0 Å². The lowest BCUT2D eigenvalue weighted by Crippen LogP contribution is -2.21. The number of carbonyl (C=O) groups excluding carboxylic acids is 1. The molecule has 2 N–H and O–H groups in total. The highest BCUT2D eigenvalue weighted by Gasteiger charge is 2.32. The number of methoxy groups -OCH3 is 2. The molecule has 0 aliphatic carbocycles. The fourth-order valence-electron chi connectivity index (χ4n) is 4.56. The number of rotatable bonds is 5. The van der Waals surface area contributed by atoms with Crippen LogP contribution in [0, 0.1) is 25.2 Å². The molecule has 192 valence electrons. The van der Waals surface area contributed by atoms with E-state index in [1.807, 2.05) is 13.0 Å². The number of nitrogens with two attached hydrogens (primary N) is 1. The molecule has 3 aromatic carbocycles. The number of halogens is 1. The third-order valence-electron chi connectivity index (χ3n) is 6.54. The van der Waals surface area contributed by atoms with Crippen LogP contribution in [-0.4, -0.2) is 20.2 Å². The molecule has 0 spiro atoms. The summed E-state index contributed by atoms with van der Waals surface area (Å²) in [6.07, 6.45) is 0. The summed E-state index contributed by atoms with van der Waals surface area (Å²) in [5.41, 5.74) is 9.82. The molecule has 1 atom stereocenters. The number of allylic oxidation sites excluding steroid dienone is 1. The van der Waals surface area contributed by atoms with Gasteiger partial charge in [0.2, 0.25) is 11.6 Å². The second-order valence-corrected chi connectivity index (χ2v) is 9.19. The van der Waals surface area contributed by atoms with Gasteiger partial charge in [0, 0.05) is 27.6 Å². The van der Waals surface area contributed by atoms with Gasteiger partial charge in [-0.05, 0) is 55.3 Å². The quantitative estimate of drug-likeness (QED) is 0.241. The summed E-state index contributed by atoms with van der Waals surface area (Å²) >= 11 is 6.25. The Kier molecular flexibility index (Phi) is 6.39. The Hall–Kier alpha value is -4.61. The van der Waals surface area contributed by atoms with Gasteiger partial charge in [-0.3, -0.25) is 0 Å². The van der Waals surface area contributed by atoms with Crippen LogP contribution < -0.4 is 24.7 Å². The minimum atomic E-state index is -0.666. The topological polar surface area (TPSA) is 117 Å². The molecule has 0 amide bonds. The molecule has 1 aromatic heterocycles. The van der Waals surface area contributed by atoms with Gasteiger partial charge in [0.25, 0.3) is 0 Å². The van der Waals surface area contributed by atoms with E-state index in [1.165, 1.54) is 7.11 Å². The highest BCUT2D eigenvalue weighted by atomic mass is 35.5. The van der Waals surface area contributed by atoms with Crippen LogP contribution in [0.2, 0.25) is 5.02 Å². The van der Waals surface area contributed by atoms with Crippen molar-refractivity contribution in [3.8, 4) is 29.1 Å². The maximum absolute atomic E-state index is 13.0. The number of aryl methyl sites for hydroxylation is 2. The molecule has 1 aliphatic heterocycles. The average Bonchev–Trinajstić information content (AvgIpc) is 3.22. The number of nitriles is 1. The van der Waals surface area contributed by atoms with Gasteiger partial charge < -0.3 is 29.1 Å². The van der Waals surface area contributed by atoms with E-state index in [0.717, 1.165) is 16.5 Å². The molecule has 38 heavy (non-hydrogen) atoms. The highest BCUT2D eigenvalue weighted by Crippen LogP contribution is 2.45. The van der Waals surface area contributed by atoms with Crippen molar-refractivity contribution in [3.05, 3.63) is 93.0 Å². The van der Waals surface area contributed by atoms with E-state index < -0.39 is 11.9 Å². The van der Waals surface area contributed by atoms with Crippen LogP contribution in [0.4, 0.5) is 0 Å². The molecule has 8 nitrogen and oxygen atoms in total. The van der Waals surface area contributed by atoms with Gasteiger partial charge in [-0.1, -0.05) is 23.7 Å². The lowest BCUT2D eigenvalue weighted by atomic mass is 9.83. The Morgan fingerprint density at radius 2 is 1.82 bits per heavy atom. The maximum Gasteiger partial charge on any atom is 0.379 e. The first-order valence-electron chi connectivity index (χ1n) is 11.6. The van der Waals surface area contributed by atoms with Crippen molar-refractivity contribution in [2.24, 2.45) is 5.73 Å². The Balaban J connectivity index is 1.50. The number of fused-ring (bicyclic) bond motifs is 2. The highest BCUT2D eigenvalue weighted by molar-refractivity contribution is 6.32. The summed E-state index contributed by atoms with van der Waals surface area (Å²) in [4.78, 5) is 13.0. The number of nitrogens with zero attached hydrogens (tertiary/aromatic N) is 1. The van der Waals surface area contributed by atoms with Crippen molar-refractivity contribution < 1.29 is 28.2 Å². The number of benzene rings is 3. The van der Waals surface area contributed by atoms with Crippen LogP contribution in [0.1, 0.15) is 38.7 Å². The molecule has 0 saturated carbocycles. The minimum absolute atomic E-state index is 0.0383. The summed E-state index contributed by atoms with van der Waals surface area (Å²) in [5.74, 6) is 0.493. The molecular weight excluding hydrogens is 508 g/mol. The van der Waals surface area contributed by atoms with E-state index >= 15 is 0 Å². The van der Waals surface area contributed by atoms with Gasteiger partial charge in [-0.2, -0.15) is 5.26 Å². The third-order valence-corrected chi connectivity index (χ3v) is 6.95. The maximum atomic E-state index is 13.0. The van der Waals surface area contributed by atoms with Crippen molar-refractivity contribution >= 4 is 28.5 Å². The molecule has 0 bridgehead atoms. The lowest BCUT2D eigenvalue weighted by molar-refractivity contribution is 0.0702. The summed E-state index contributed by atoms with van der Waals surface area (Å²) in [6.45, 7) is 3.63. The van der Waals surface area contributed by atoms with Gasteiger partial charge in [0.1, 0.15) is 28.7 Å². The van der Waals surface area contributed by atoms with Crippen LogP contribution in [-0.2, 0) is 0 Å². The van der Waals surface area contributed by atoms with E-state index in [9.17, 15) is 10.1 Å². The average molecular weight is 531 g/mol. The van der Waals surface area contributed by atoms with E-state index in [4.69, 9.17) is 40.7 Å². The predicted molar refractivity (Wildman–Crippen MR) is 141 cm³/mol. The Bertz CT molecular complexity index is 1680. The Labute approximate surface area is 223 Å².